The summed E-state index contributed by atoms with van der Waals surface area (Å²) in [6, 6.07) is 3.15. The van der Waals surface area contributed by atoms with Crippen LogP contribution in [0.4, 0.5) is 39.5 Å². The average Bonchev–Trinajstić information content (AvgIpc) is 3.01. The molecule has 4 rings (SSSR count). The van der Waals surface area contributed by atoms with E-state index in [2.05, 4.69) is 0 Å². The predicted molar refractivity (Wildman–Crippen MR) is 162 cm³/mol. The van der Waals surface area contributed by atoms with Crippen LogP contribution in [-0.4, -0.2) is 47.2 Å². The molecule has 3 aliphatic carbocycles. The fourth-order valence-electron chi connectivity index (χ4n) is 6.80. The van der Waals surface area contributed by atoms with Crippen LogP contribution in [-0.2, 0) is 30.2 Å². The first kappa shape index (κ1) is 41.6. The zero-order valence-electron chi connectivity index (χ0n) is 25.5. The summed E-state index contributed by atoms with van der Waals surface area (Å²) in [7, 11) is -22.5. The highest BCUT2D eigenvalue weighted by Gasteiger charge is 2.83. The van der Waals surface area contributed by atoms with E-state index >= 15 is 8.78 Å². The van der Waals surface area contributed by atoms with Crippen molar-refractivity contribution in [3.63, 3.8) is 0 Å². The number of rotatable bonds is 11. The third-order valence-electron chi connectivity index (χ3n) is 9.44. The Balaban J connectivity index is 0.00000650. The highest BCUT2D eigenvalue weighted by Crippen LogP contribution is 2.53. The molecule has 0 radical (unpaired) electrons. The topological polar surface area (TPSA) is 124 Å². The number of alkyl halides is 9. The molecular formula is C29H40F9NO7S3. The van der Waals surface area contributed by atoms with E-state index in [9.17, 15) is 56.0 Å². The van der Waals surface area contributed by atoms with E-state index in [0.717, 1.165) is 50.5 Å². The Kier molecular flexibility index (Phi) is 12.5. The molecular weight excluding hydrogens is 742 g/mol. The van der Waals surface area contributed by atoms with Gasteiger partial charge < -0.3 is 4.18 Å². The van der Waals surface area contributed by atoms with E-state index < -0.39 is 73.8 Å². The molecule has 3 saturated carbocycles. The van der Waals surface area contributed by atoms with E-state index in [1.807, 2.05) is 0 Å². The summed E-state index contributed by atoms with van der Waals surface area (Å²) in [5, 5.41) is -14.5. The molecule has 0 aromatic heterocycles. The molecule has 0 bridgehead atoms. The number of sulfonamides is 2. The summed E-state index contributed by atoms with van der Waals surface area (Å²) >= 11 is 0. The van der Waals surface area contributed by atoms with Crippen molar-refractivity contribution in [2.75, 3.05) is 0 Å². The number of halogens is 9. The molecule has 1 N–H and O–H groups in total. The summed E-state index contributed by atoms with van der Waals surface area (Å²) < 4.78 is 203. The van der Waals surface area contributed by atoms with Crippen molar-refractivity contribution >= 4 is 30.2 Å². The van der Waals surface area contributed by atoms with E-state index in [4.69, 9.17) is 4.18 Å². The average molecular weight is 782 g/mol. The van der Waals surface area contributed by atoms with E-state index in [-0.39, 0.29) is 24.5 Å². The molecule has 1 aromatic rings. The summed E-state index contributed by atoms with van der Waals surface area (Å²) in [6.07, 6.45) is 10.3. The first-order chi connectivity index (χ1) is 22.0. The van der Waals surface area contributed by atoms with Crippen molar-refractivity contribution in [2.45, 2.75) is 143 Å². The number of hydrogen-bond acceptors (Lipinski definition) is 7. The lowest BCUT2D eigenvalue weighted by Crippen LogP contribution is -2.64. The van der Waals surface area contributed by atoms with Crippen LogP contribution in [0.1, 0.15) is 138 Å². The van der Waals surface area contributed by atoms with Crippen molar-refractivity contribution in [2.24, 2.45) is 0 Å². The summed E-state index contributed by atoms with van der Waals surface area (Å²) in [6.45, 7) is 0. The maximum absolute atomic E-state index is 15.3. The number of hydrogen-bond donors (Lipinski definition) is 1. The monoisotopic (exact) mass is 781 g/mol. The molecule has 1 aromatic carbocycles. The second-order valence-electron chi connectivity index (χ2n) is 12.7. The molecule has 284 valence electrons. The van der Waals surface area contributed by atoms with Gasteiger partial charge in [-0.25, -0.2) is 16.8 Å². The van der Waals surface area contributed by atoms with Crippen molar-refractivity contribution in [3.8, 4) is 5.75 Å². The summed E-state index contributed by atoms with van der Waals surface area (Å²) in [5.74, 6) is -9.24. The zero-order chi connectivity index (χ0) is 36.0. The third kappa shape index (κ3) is 8.00. The van der Waals surface area contributed by atoms with Crippen LogP contribution >= 0.6 is 0 Å². The van der Waals surface area contributed by atoms with Gasteiger partial charge in [-0.15, -0.1) is 0 Å². The molecule has 0 saturated heterocycles. The standard InChI is InChI=1S/C28H36F9NO7S3.CH4/c29-25(30,26(31,32)46(39,40)38-47(41,42)28(35,36)37)27(33,34)48(43,44)45-24-22(19-12-6-2-7-13-19)16-21(18-10-4-1-5-11-18)17-23(24)20-14-8-3-9-15-20;/h16-20,38H,1-15H2;1H4. The van der Waals surface area contributed by atoms with Gasteiger partial charge in [0.2, 0.25) is 0 Å². The lowest BCUT2D eigenvalue weighted by atomic mass is 9.75. The molecule has 0 unspecified atom stereocenters. The van der Waals surface area contributed by atoms with Crippen LogP contribution in [0.3, 0.4) is 0 Å². The van der Waals surface area contributed by atoms with E-state index in [0.29, 0.717) is 51.4 Å². The predicted octanol–water partition coefficient (Wildman–Crippen LogP) is 8.76. The van der Waals surface area contributed by atoms with Crippen molar-refractivity contribution in [1.29, 1.82) is 0 Å². The van der Waals surface area contributed by atoms with Crippen molar-refractivity contribution < 1.29 is 69.0 Å². The normalized spacial score (nSPS) is 20.5. The molecule has 0 spiro atoms. The first-order valence-corrected chi connectivity index (χ1v) is 19.9. The van der Waals surface area contributed by atoms with Gasteiger partial charge in [0.25, 0.3) is 10.0 Å². The maximum atomic E-state index is 15.3. The van der Waals surface area contributed by atoms with Crippen LogP contribution < -0.4 is 8.31 Å². The Morgan fingerprint density at radius 2 is 0.918 bits per heavy atom. The maximum Gasteiger partial charge on any atom is 0.512 e. The summed E-state index contributed by atoms with van der Waals surface area (Å²) in [5.41, 5.74) is -5.67. The van der Waals surface area contributed by atoms with Gasteiger partial charge in [0.15, 0.2) is 0 Å². The molecule has 3 fully saturated rings. The molecule has 3 aliphatic rings. The van der Waals surface area contributed by atoms with Gasteiger partial charge in [-0.05, 0) is 73.0 Å². The zero-order valence-corrected chi connectivity index (χ0v) is 27.9. The Morgan fingerprint density at radius 1 is 0.551 bits per heavy atom. The minimum Gasteiger partial charge on any atom is -0.377 e. The van der Waals surface area contributed by atoms with Crippen LogP contribution in [0.2, 0.25) is 0 Å². The summed E-state index contributed by atoms with van der Waals surface area (Å²) in [4.78, 5) is 0. The van der Waals surface area contributed by atoms with Crippen molar-refractivity contribution in [3.05, 3.63) is 28.8 Å². The van der Waals surface area contributed by atoms with Crippen LogP contribution in [0.5, 0.6) is 5.75 Å². The number of benzene rings is 1. The molecule has 0 aliphatic heterocycles. The largest absolute Gasteiger partial charge is 0.512 e. The van der Waals surface area contributed by atoms with Gasteiger partial charge in [0, 0.05) is 0 Å². The van der Waals surface area contributed by atoms with Gasteiger partial charge in [-0.3, -0.25) is 0 Å². The molecule has 8 nitrogen and oxygen atoms in total. The minimum atomic E-state index is -7.88. The van der Waals surface area contributed by atoms with Crippen molar-refractivity contribution in [1.82, 2.24) is 4.13 Å². The lowest BCUT2D eigenvalue weighted by molar-refractivity contribution is -0.245. The fraction of sp³-hybridized carbons (Fsp3) is 0.793. The smallest absolute Gasteiger partial charge is 0.377 e. The molecule has 49 heavy (non-hydrogen) atoms. The van der Waals surface area contributed by atoms with E-state index in [1.54, 1.807) is 12.1 Å². The SMILES string of the molecule is C.O=S(=O)(NS(=O)(=O)C(F)(F)C(F)(F)C(F)(F)S(=O)(=O)Oc1c(C2CCCCC2)cc(C2CCCCC2)cc1C1CCCCC1)C(F)(F)F. The minimum absolute atomic E-state index is 0. The Bertz CT molecular complexity index is 1610. The molecule has 0 heterocycles. The number of nitrogens with one attached hydrogen (secondary N) is 1. The van der Waals surface area contributed by atoms with Crippen LogP contribution in [0.25, 0.3) is 0 Å². The fourth-order valence-corrected chi connectivity index (χ4v) is 10.2. The highest BCUT2D eigenvalue weighted by atomic mass is 32.3. The van der Waals surface area contributed by atoms with Gasteiger partial charge in [-0.1, -0.05) is 81.5 Å². The van der Waals surface area contributed by atoms with Gasteiger partial charge in [-0.2, -0.15) is 47.9 Å². The molecule has 20 heteroatoms. The van der Waals surface area contributed by atoms with Crippen LogP contribution in [0.15, 0.2) is 12.1 Å². The highest BCUT2D eigenvalue weighted by molar-refractivity contribution is 8.05. The molecule has 0 amide bonds. The van der Waals surface area contributed by atoms with E-state index in [1.165, 1.54) is 0 Å². The Hall–Kier alpha value is -1.80. The molecule has 0 atom stereocenters. The lowest BCUT2D eigenvalue weighted by Gasteiger charge is -2.34. The third-order valence-corrected chi connectivity index (χ3v) is 14.0. The van der Waals surface area contributed by atoms with Crippen LogP contribution in [0, 0.1) is 0 Å². The second-order valence-corrected chi connectivity index (χ2v) is 18.0. The Labute approximate surface area is 280 Å². The first-order valence-electron chi connectivity index (χ1n) is 15.6. The van der Waals surface area contributed by atoms with Gasteiger partial charge in [0.1, 0.15) is 5.75 Å². The quantitative estimate of drug-likeness (QED) is 0.176. The second kappa shape index (κ2) is 14.7. The Morgan fingerprint density at radius 3 is 1.29 bits per heavy atom. The van der Waals surface area contributed by atoms with Gasteiger partial charge >= 0.3 is 42.1 Å². The van der Waals surface area contributed by atoms with Gasteiger partial charge in [0.05, 0.1) is 0 Å².